The summed E-state index contributed by atoms with van der Waals surface area (Å²) in [6.07, 6.45) is 1.35. The average molecular weight is 244 g/mol. The number of amides is 2. The molecule has 2 N–H and O–H groups in total. The lowest BCUT2D eigenvalue weighted by molar-refractivity contribution is 0.0595. The number of hydrogen-bond acceptors (Lipinski definition) is 4. The quantitative estimate of drug-likeness (QED) is 0.378. The standard InChI is InChI=1S/C13H12N2O3/c1-9-5-2-3-6-10(9)12(16)15(14)13(17)11-7-4-8-18-11/h2-8H,14H2,1H3. The normalized spacial score (nSPS) is 10.1. The number of nitrogens with two attached hydrogens (primary N) is 1. The van der Waals surface area contributed by atoms with Crippen LogP contribution in [0.3, 0.4) is 0 Å². The summed E-state index contributed by atoms with van der Waals surface area (Å²) in [7, 11) is 0. The lowest BCUT2D eigenvalue weighted by Crippen LogP contribution is -2.42. The van der Waals surface area contributed by atoms with Gasteiger partial charge in [-0.2, -0.15) is 0 Å². The molecule has 1 heterocycles. The zero-order valence-corrected chi connectivity index (χ0v) is 9.79. The molecule has 0 fully saturated rings. The Labute approximate surface area is 104 Å². The van der Waals surface area contributed by atoms with E-state index in [1.807, 2.05) is 0 Å². The van der Waals surface area contributed by atoms with E-state index in [1.165, 1.54) is 12.3 Å². The average Bonchev–Trinajstić information content (AvgIpc) is 2.90. The van der Waals surface area contributed by atoms with Crippen molar-refractivity contribution >= 4 is 11.8 Å². The number of carbonyl (C=O) groups is 2. The zero-order chi connectivity index (χ0) is 13.1. The van der Waals surface area contributed by atoms with Gasteiger partial charge in [0.15, 0.2) is 5.76 Å². The summed E-state index contributed by atoms with van der Waals surface area (Å²) in [5.41, 5.74) is 1.14. The van der Waals surface area contributed by atoms with Gasteiger partial charge in [0.25, 0.3) is 5.91 Å². The van der Waals surface area contributed by atoms with Crippen LogP contribution in [-0.2, 0) is 0 Å². The van der Waals surface area contributed by atoms with Crippen LogP contribution in [0, 0.1) is 6.92 Å². The molecule has 1 aromatic heterocycles. The highest BCUT2D eigenvalue weighted by molar-refractivity contribution is 6.09. The predicted molar refractivity (Wildman–Crippen MR) is 64.6 cm³/mol. The molecule has 0 aliphatic carbocycles. The summed E-state index contributed by atoms with van der Waals surface area (Å²) < 4.78 is 4.91. The van der Waals surface area contributed by atoms with Gasteiger partial charge in [-0.3, -0.25) is 9.59 Å². The largest absolute Gasteiger partial charge is 0.459 e. The first-order chi connectivity index (χ1) is 8.61. The van der Waals surface area contributed by atoms with Crippen molar-refractivity contribution in [2.45, 2.75) is 6.92 Å². The number of hydrogen-bond donors (Lipinski definition) is 1. The number of benzene rings is 1. The highest BCUT2D eigenvalue weighted by atomic mass is 16.3. The van der Waals surface area contributed by atoms with Crippen LogP contribution >= 0.6 is 0 Å². The van der Waals surface area contributed by atoms with E-state index in [0.717, 1.165) is 5.56 Å². The van der Waals surface area contributed by atoms with E-state index < -0.39 is 11.8 Å². The summed E-state index contributed by atoms with van der Waals surface area (Å²) in [4.78, 5) is 23.9. The SMILES string of the molecule is Cc1ccccc1C(=O)N(N)C(=O)c1ccco1. The Balaban J connectivity index is 2.25. The highest BCUT2D eigenvalue weighted by Gasteiger charge is 2.23. The Morgan fingerprint density at radius 2 is 1.83 bits per heavy atom. The number of rotatable bonds is 2. The van der Waals surface area contributed by atoms with Gasteiger partial charge in [-0.05, 0) is 30.7 Å². The van der Waals surface area contributed by atoms with Crippen LogP contribution in [-0.4, -0.2) is 16.8 Å². The highest BCUT2D eigenvalue weighted by Crippen LogP contribution is 2.11. The minimum absolute atomic E-state index is 0.0273. The lowest BCUT2D eigenvalue weighted by Gasteiger charge is -2.14. The van der Waals surface area contributed by atoms with Gasteiger partial charge in [0, 0.05) is 5.56 Å². The molecule has 0 unspecified atom stereocenters. The van der Waals surface area contributed by atoms with Gasteiger partial charge in [-0.1, -0.05) is 18.2 Å². The van der Waals surface area contributed by atoms with Crippen molar-refractivity contribution < 1.29 is 14.0 Å². The fraction of sp³-hybridized carbons (Fsp3) is 0.0769. The summed E-state index contributed by atoms with van der Waals surface area (Å²) in [5.74, 6) is 4.32. The van der Waals surface area contributed by atoms with Crippen molar-refractivity contribution in [2.24, 2.45) is 5.84 Å². The van der Waals surface area contributed by atoms with Crippen LogP contribution in [0.4, 0.5) is 0 Å². The van der Waals surface area contributed by atoms with Crippen LogP contribution in [0.25, 0.3) is 0 Å². The Hall–Kier alpha value is -2.40. The molecule has 0 saturated carbocycles. The fourth-order valence-corrected chi connectivity index (χ4v) is 1.55. The van der Waals surface area contributed by atoms with Gasteiger partial charge in [-0.25, -0.2) is 10.9 Å². The second-order valence-electron chi connectivity index (χ2n) is 3.77. The summed E-state index contributed by atoms with van der Waals surface area (Å²) in [6, 6.07) is 9.92. The van der Waals surface area contributed by atoms with Crippen molar-refractivity contribution in [1.82, 2.24) is 5.01 Å². The molecule has 2 amide bonds. The van der Waals surface area contributed by atoms with E-state index >= 15 is 0 Å². The summed E-state index contributed by atoms with van der Waals surface area (Å²) >= 11 is 0. The van der Waals surface area contributed by atoms with Crippen molar-refractivity contribution in [2.75, 3.05) is 0 Å². The first kappa shape index (κ1) is 12.1. The first-order valence-electron chi connectivity index (χ1n) is 5.34. The van der Waals surface area contributed by atoms with Crippen molar-refractivity contribution in [1.29, 1.82) is 0 Å². The fourth-order valence-electron chi connectivity index (χ4n) is 1.55. The number of carbonyl (C=O) groups excluding carboxylic acids is 2. The van der Waals surface area contributed by atoms with Gasteiger partial charge >= 0.3 is 5.91 Å². The van der Waals surface area contributed by atoms with E-state index in [2.05, 4.69) is 0 Å². The maximum absolute atomic E-state index is 12.0. The molecule has 0 spiro atoms. The Morgan fingerprint density at radius 3 is 2.44 bits per heavy atom. The predicted octanol–water partition coefficient (Wildman–Crippen LogP) is 1.74. The summed E-state index contributed by atoms with van der Waals surface area (Å²) in [6.45, 7) is 1.78. The van der Waals surface area contributed by atoms with Gasteiger partial charge < -0.3 is 4.42 Å². The maximum Gasteiger partial charge on any atom is 0.310 e. The van der Waals surface area contributed by atoms with Gasteiger partial charge in [-0.15, -0.1) is 0 Å². The lowest BCUT2D eigenvalue weighted by atomic mass is 10.1. The van der Waals surface area contributed by atoms with E-state index in [4.69, 9.17) is 10.3 Å². The molecule has 0 atom stereocenters. The molecule has 2 aromatic rings. The van der Waals surface area contributed by atoms with Crippen LogP contribution in [0.1, 0.15) is 26.5 Å². The molecule has 0 aliphatic rings. The molecule has 0 radical (unpaired) electrons. The van der Waals surface area contributed by atoms with Crippen molar-refractivity contribution in [3.05, 3.63) is 59.5 Å². The second-order valence-corrected chi connectivity index (χ2v) is 3.77. The molecule has 0 saturated heterocycles. The van der Waals surface area contributed by atoms with E-state index in [1.54, 1.807) is 37.3 Å². The topological polar surface area (TPSA) is 76.5 Å². The third kappa shape index (κ3) is 2.16. The molecular weight excluding hydrogens is 232 g/mol. The number of imide groups is 1. The van der Waals surface area contributed by atoms with Gasteiger partial charge in [0.1, 0.15) is 0 Å². The molecule has 0 bridgehead atoms. The smallest absolute Gasteiger partial charge is 0.310 e. The number of aryl methyl sites for hydroxylation is 1. The first-order valence-corrected chi connectivity index (χ1v) is 5.34. The summed E-state index contributed by atoms with van der Waals surface area (Å²) in [5, 5.41) is 0.557. The molecule has 92 valence electrons. The molecule has 18 heavy (non-hydrogen) atoms. The van der Waals surface area contributed by atoms with Crippen LogP contribution in [0.2, 0.25) is 0 Å². The Kier molecular flexibility index (Phi) is 3.25. The monoisotopic (exact) mass is 244 g/mol. The van der Waals surface area contributed by atoms with Crippen molar-refractivity contribution in [3.63, 3.8) is 0 Å². The number of hydrazine groups is 1. The molecule has 0 aliphatic heterocycles. The van der Waals surface area contributed by atoms with E-state index in [0.29, 0.717) is 10.6 Å². The molecular formula is C13H12N2O3. The molecule has 2 rings (SSSR count). The Bertz CT molecular complexity index is 576. The second kappa shape index (κ2) is 4.85. The third-order valence-electron chi connectivity index (χ3n) is 2.55. The minimum Gasteiger partial charge on any atom is -0.459 e. The molecule has 1 aromatic carbocycles. The van der Waals surface area contributed by atoms with Crippen LogP contribution < -0.4 is 5.84 Å². The number of furan rings is 1. The molecule has 5 heteroatoms. The van der Waals surface area contributed by atoms with Gasteiger partial charge in [0.05, 0.1) is 6.26 Å². The Morgan fingerprint density at radius 1 is 1.11 bits per heavy atom. The number of nitrogens with zero attached hydrogens (tertiary/aromatic N) is 1. The minimum atomic E-state index is -0.673. The van der Waals surface area contributed by atoms with E-state index in [9.17, 15) is 9.59 Å². The maximum atomic E-state index is 12.0. The van der Waals surface area contributed by atoms with Gasteiger partial charge in [0.2, 0.25) is 0 Å². The van der Waals surface area contributed by atoms with Crippen LogP contribution in [0.5, 0.6) is 0 Å². The van der Waals surface area contributed by atoms with E-state index in [-0.39, 0.29) is 5.76 Å². The van der Waals surface area contributed by atoms with Crippen LogP contribution in [0.15, 0.2) is 47.1 Å². The third-order valence-corrected chi connectivity index (χ3v) is 2.55. The van der Waals surface area contributed by atoms with Crippen molar-refractivity contribution in [3.8, 4) is 0 Å². The molecule has 5 nitrogen and oxygen atoms in total. The zero-order valence-electron chi connectivity index (χ0n) is 9.79.